The zero-order valence-corrected chi connectivity index (χ0v) is 10.3. The van der Waals surface area contributed by atoms with E-state index >= 15 is 0 Å². The topological polar surface area (TPSA) is 72.5 Å². The molecular formula is C11H14BrNO3. The Kier molecular flexibility index (Phi) is 5.45. The molecule has 0 radical (unpaired) electrons. The Morgan fingerprint density at radius 1 is 1.56 bits per heavy atom. The van der Waals surface area contributed by atoms with Gasteiger partial charge in [0.2, 0.25) is 0 Å². The van der Waals surface area contributed by atoms with Gasteiger partial charge >= 0.3 is 5.97 Å². The Bertz CT molecular complexity index is 357. The molecule has 0 spiro atoms. The smallest absolute Gasteiger partial charge is 0.323 e. The number of halogens is 1. The lowest BCUT2D eigenvalue weighted by Gasteiger charge is -2.10. The van der Waals surface area contributed by atoms with E-state index in [0.29, 0.717) is 0 Å². The summed E-state index contributed by atoms with van der Waals surface area (Å²) in [5.74, 6) is -0.492. The largest absolute Gasteiger partial charge is 0.460 e. The fraction of sp³-hybridized carbons (Fsp3) is 0.364. The number of ether oxygens (including phenoxy) is 1. The van der Waals surface area contributed by atoms with E-state index in [1.165, 1.54) is 0 Å². The molecule has 0 aliphatic carbocycles. The number of hydrogen-bond acceptors (Lipinski definition) is 4. The number of carbonyl (C=O) groups is 1. The lowest BCUT2D eigenvalue weighted by Crippen LogP contribution is -2.33. The van der Waals surface area contributed by atoms with Crippen LogP contribution in [0.25, 0.3) is 0 Å². The average molecular weight is 288 g/mol. The zero-order valence-electron chi connectivity index (χ0n) is 8.73. The maximum Gasteiger partial charge on any atom is 0.323 e. The predicted octanol–water partition coefficient (Wildman–Crippen LogP) is 1.20. The molecule has 3 N–H and O–H groups in total. The molecule has 0 amide bonds. The van der Waals surface area contributed by atoms with Gasteiger partial charge in [-0.25, -0.2) is 0 Å². The summed E-state index contributed by atoms with van der Waals surface area (Å²) in [4.78, 5) is 11.3. The van der Waals surface area contributed by atoms with Crippen LogP contribution in [0.5, 0.6) is 0 Å². The Labute approximate surface area is 103 Å². The Morgan fingerprint density at radius 3 is 2.94 bits per heavy atom. The minimum Gasteiger partial charge on any atom is -0.460 e. The fourth-order valence-electron chi connectivity index (χ4n) is 1.15. The number of carbonyl (C=O) groups excluding carboxylic acids is 1. The van der Waals surface area contributed by atoms with Crippen molar-refractivity contribution in [1.29, 1.82) is 0 Å². The third kappa shape index (κ3) is 4.30. The number of esters is 1. The molecule has 5 heteroatoms. The summed E-state index contributed by atoms with van der Waals surface area (Å²) >= 11 is 3.32. The predicted molar refractivity (Wildman–Crippen MR) is 63.6 cm³/mol. The van der Waals surface area contributed by atoms with Gasteiger partial charge in [-0.2, -0.15) is 0 Å². The standard InChI is InChI=1S/C11H14BrNO3/c12-9-3-1-2-8(6-9)7-16-11(15)10(13)4-5-14/h1-3,6,10,14H,4-5,7,13H2/t10-/m1/s1. The number of aliphatic hydroxyl groups is 1. The van der Waals surface area contributed by atoms with Crippen molar-refractivity contribution in [2.45, 2.75) is 19.1 Å². The molecule has 4 nitrogen and oxygen atoms in total. The monoisotopic (exact) mass is 287 g/mol. The molecule has 0 aromatic heterocycles. The van der Waals surface area contributed by atoms with E-state index in [9.17, 15) is 4.79 Å². The molecule has 1 aromatic carbocycles. The van der Waals surface area contributed by atoms with E-state index in [1.54, 1.807) is 0 Å². The van der Waals surface area contributed by atoms with Gasteiger partial charge in [0.25, 0.3) is 0 Å². The molecule has 0 aliphatic heterocycles. The van der Waals surface area contributed by atoms with E-state index in [1.807, 2.05) is 24.3 Å². The van der Waals surface area contributed by atoms with Crippen molar-refractivity contribution < 1.29 is 14.6 Å². The average Bonchev–Trinajstić information content (AvgIpc) is 2.26. The van der Waals surface area contributed by atoms with Crippen LogP contribution in [0.3, 0.4) is 0 Å². The molecule has 88 valence electrons. The lowest BCUT2D eigenvalue weighted by atomic mass is 10.2. The number of rotatable bonds is 5. The van der Waals surface area contributed by atoms with Gasteiger partial charge in [-0.15, -0.1) is 0 Å². The van der Waals surface area contributed by atoms with E-state index < -0.39 is 12.0 Å². The quantitative estimate of drug-likeness (QED) is 0.799. The third-order valence-corrected chi connectivity index (χ3v) is 2.51. The van der Waals surface area contributed by atoms with Crippen LogP contribution in [0.15, 0.2) is 28.7 Å². The van der Waals surface area contributed by atoms with E-state index in [4.69, 9.17) is 15.6 Å². The summed E-state index contributed by atoms with van der Waals surface area (Å²) in [6.07, 6.45) is 0.220. The summed E-state index contributed by atoms with van der Waals surface area (Å²) in [5.41, 5.74) is 6.37. The first-order chi connectivity index (χ1) is 7.63. The van der Waals surface area contributed by atoms with Crippen molar-refractivity contribution >= 4 is 21.9 Å². The Hall–Kier alpha value is -0.910. The number of aliphatic hydroxyl groups excluding tert-OH is 1. The summed E-state index contributed by atoms with van der Waals surface area (Å²) in [6, 6.07) is 6.72. The molecule has 16 heavy (non-hydrogen) atoms. The molecule has 0 fully saturated rings. The van der Waals surface area contributed by atoms with Crippen molar-refractivity contribution in [3.63, 3.8) is 0 Å². The van der Waals surface area contributed by atoms with Crippen LogP contribution in [0.1, 0.15) is 12.0 Å². The van der Waals surface area contributed by atoms with Crippen LogP contribution >= 0.6 is 15.9 Å². The van der Waals surface area contributed by atoms with Gasteiger partial charge < -0.3 is 15.6 Å². The summed E-state index contributed by atoms with van der Waals surface area (Å²) in [7, 11) is 0. The molecule has 0 unspecified atom stereocenters. The van der Waals surface area contributed by atoms with Gasteiger partial charge in [0.1, 0.15) is 12.6 Å². The molecule has 0 aliphatic rings. The number of hydrogen-bond donors (Lipinski definition) is 2. The molecule has 0 saturated heterocycles. The highest BCUT2D eigenvalue weighted by Gasteiger charge is 2.13. The van der Waals surface area contributed by atoms with Crippen molar-refractivity contribution in [1.82, 2.24) is 0 Å². The van der Waals surface area contributed by atoms with Crippen LogP contribution in [0.4, 0.5) is 0 Å². The zero-order chi connectivity index (χ0) is 12.0. The van der Waals surface area contributed by atoms with E-state index in [0.717, 1.165) is 10.0 Å². The van der Waals surface area contributed by atoms with Crippen molar-refractivity contribution in [2.75, 3.05) is 6.61 Å². The van der Waals surface area contributed by atoms with E-state index in [2.05, 4.69) is 15.9 Å². The highest BCUT2D eigenvalue weighted by Crippen LogP contribution is 2.12. The normalized spacial score (nSPS) is 12.2. The van der Waals surface area contributed by atoms with Crippen LogP contribution in [-0.4, -0.2) is 23.7 Å². The van der Waals surface area contributed by atoms with Crippen molar-refractivity contribution in [3.05, 3.63) is 34.3 Å². The van der Waals surface area contributed by atoms with Gasteiger partial charge in [0.15, 0.2) is 0 Å². The molecular weight excluding hydrogens is 274 g/mol. The SMILES string of the molecule is N[C@H](CCO)C(=O)OCc1cccc(Br)c1. The molecule has 1 rings (SSSR count). The first-order valence-electron chi connectivity index (χ1n) is 4.91. The Balaban J connectivity index is 2.42. The minimum atomic E-state index is -0.753. The van der Waals surface area contributed by atoms with Gasteiger partial charge in [0.05, 0.1) is 0 Å². The highest BCUT2D eigenvalue weighted by molar-refractivity contribution is 9.10. The van der Waals surface area contributed by atoms with E-state index in [-0.39, 0.29) is 19.6 Å². The molecule has 0 heterocycles. The summed E-state index contributed by atoms with van der Waals surface area (Å²) in [5, 5.41) is 8.61. The summed E-state index contributed by atoms with van der Waals surface area (Å²) < 4.78 is 5.93. The third-order valence-electron chi connectivity index (χ3n) is 2.01. The van der Waals surface area contributed by atoms with Crippen LogP contribution < -0.4 is 5.73 Å². The van der Waals surface area contributed by atoms with Crippen LogP contribution in [-0.2, 0) is 16.1 Å². The molecule has 0 saturated carbocycles. The minimum absolute atomic E-state index is 0.118. The Morgan fingerprint density at radius 2 is 2.31 bits per heavy atom. The maximum absolute atomic E-state index is 11.3. The van der Waals surface area contributed by atoms with Crippen LogP contribution in [0, 0.1) is 0 Å². The molecule has 0 bridgehead atoms. The first-order valence-corrected chi connectivity index (χ1v) is 5.70. The molecule has 1 aromatic rings. The molecule has 1 atom stereocenters. The van der Waals surface area contributed by atoms with Gasteiger partial charge in [-0.3, -0.25) is 4.79 Å². The fourth-order valence-corrected chi connectivity index (χ4v) is 1.59. The lowest BCUT2D eigenvalue weighted by molar-refractivity contribution is -0.146. The number of nitrogens with two attached hydrogens (primary N) is 1. The highest BCUT2D eigenvalue weighted by atomic mass is 79.9. The van der Waals surface area contributed by atoms with Gasteiger partial charge in [0, 0.05) is 11.1 Å². The second kappa shape index (κ2) is 6.62. The number of benzene rings is 1. The van der Waals surface area contributed by atoms with Crippen molar-refractivity contribution in [3.8, 4) is 0 Å². The maximum atomic E-state index is 11.3. The summed E-state index contributed by atoms with van der Waals surface area (Å²) in [6.45, 7) is 0.0740. The second-order valence-electron chi connectivity index (χ2n) is 3.36. The van der Waals surface area contributed by atoms with Gasteiger partial charge in [-0.05, 0) is 24.1 Å². The van der Waals surface area contributed by atoms with Crippen molar-refractivity contribution in [2.24, 2.45) is 5.73 Å². The first kappa shape index (κ1) is 13.2. The van der Waals surface area contributed by atoms with Gasteiger partial charge in [-0.1, -0.05) is 28.1 Å². The van der Waals surface area contributed by atoms with Crippen LogP contribution in [0.2, 0.25) is 0 Å². The second-order valence-corrected chi connectivity index (χ2v) is 4.27.